The summed E-state index contributed by atoms with van der Waals surface area (Å²) in [5.41, 5.74) is 7.19. The fourth-order valence-electron chi connectivity index (χ4n) is 6.32. The van der Waals surface area contributed by atoms with Crippen molar-refractivity contribution in [2.75, 3.05) is 38.7 Å². The van der Waals surface area contributed by atoms with Gasteiger partial charge in [-0.05, 0) is 42.2 Å². The van der Waals surface area contributed by atoms with Crippen LogP contribution in [0.15, 0.2) is 48.8 Å². The van der Waals surface area contributed by atoms with Gasteiger partial charge >= 0.3 is 0 Å². The molecule has 3 aromatic heterocycles. The normalized spacial score (nSPS) is 22.8. The van der Waals surface area contributed by atoms with Crippen molar-refractivity contribution in [3.8, 4) is 11.3 Å². The first-order valence-electron chi connectivity index (χ1n) is 13.9. The van der Waals surface area contributed by atoms with Crippen LogP contribution in [-0.2, 0) is 22.6 Å². The second-order valence-electron chi connectivity index (χ2n) is 10.9. The van der Waals surface area contributed by atoms with E-state index < -0.39 is 6.23 Å². The Kier molecular flexibility index (Phi) is 6.73. The van der Waals surface area contributed by atoms with Gasteiger partial charge in [-0.25, -0.2) is 14.4 Å². The number of halogens is 1. The molecule has 208 valence electrons. The number of methoxy groups -OCH3 is 1. The van der Waals surface area contributed by atoms with Crippen LogP contribution < -0.4 is 10.6 Å². The Hall–Kier alpha value is -3.41. The predicted molar refractivity (Wildman–Crippen MR) is 149 cm³/mol. The van der Waals surface area contributed by atoms with Crippen LogP contribution >= 0.6 is 0 Å². The van der Waals surface area contributed by atoms with Gasteiger partial charge in [-0.3, -0.25) is 14.6 Å². The maximum absolute atomic E-state index is 13.7. The van der Waals surface area contributed by atoms with Crippen LogP contribution in [0.3, 0.4) is 0 Å². The van der Waals surface area contributed by atoms with Gasteiger partial charge in [-0.1, -0.05) is 12.1 Å². The molecule has 6 heterocycles. The summed E-state index contributed by atoms with van der Waals surface area (Å²) >= 11 is 0. The van der Waals surface area contributed by atoms with Crippen molar-refractivity contribution in [3.05, 3.63) is 77.0 Å². The van der Waals surface area contributed by atoms with Crippen molar-refractivity contribution >= 4 is 17.2 Å². The third-order valence-corrected chi connectivity index (χ3v) is 8.43. The van der Waals surface area contributed by atoms with Crippen molar-refractivity contribution in [1.82, 2.24) is 24.6 Å². The Labute approximate surface area is 232 Å². The Bertz CT molecular complexity index is 1550. The molecule has 3 N–H and O–H groups in total. The smallest absolute Gasteiger partial charge is 0.140 e. The van der Waals surface area contributed by atoms with Crippen LogP contribution in [-0.4, -0.2) is 63.9 Å². The SMILES string of the molecule is CO[C@H]1CCN(Cc2nc(Nc3ccc(-c4cnc5cc(F)ccn45)c4c3C(O)NC4)ccc2C2CCOC2)C1. The molecule has 1 aromatic carbocycles. The first-order chi connectivity index (χ1) is 19.6. The minimum atomic E-state index is -0.820. The fourth-order valence-corrected chi connectivity index (χ4v) is 6.32. The lowest BCUT2D eigenvalue weighted by Crippen LogP contribution is -2.24. The van der Waals surface area contributed by atoms with Crippen LogP contribution in [0.1, 0.15) is 47.4 Å². The van der Waals surface area contributed by atoms with Gasteiger partial charge in [-0.2, -0.15) is 0 Å². The number of likely N-dealkylation sites (tertiary alicyclic amines) is 1. The van der Waals surface area contributed by atoms with E-state index in [1.165, 1.54) is 17.7 Å². The van der Waals surface area contributed by atoms with Crippen molar-refractivity contribution in [3.63, 3.8) is 0 Å². The average Bonchev–Trinajstić information content (AvgIpc) is 3.77. The second-order valence-corrected chi connectivity index (χ2v) is 10.9. The third kappa shape index (κ3) is 4.65. The van der Waals surface area contributed by atoms with E-state index in [-0.39, 0.29) is 11.9 Å². The van der Waals surface area contributed by atoms with Gasteiger partial charge in [-0.15, -0.1) is 0 Å². The van der Waals surface area contributed by atoms with Crippen molar-refractivity contribution in [2.24, 2.45) is 0 Å². The van der Waals surface area contributed by atoms with E-state index in [9.17, 15) is 9.50 Å². The standard InChI is InChI=1S/C30H33FN6O3/c1-39-20-7-9-36(15-20)16-25-21(18-8-11-40-17-18)3-5-27(35-25)34-24-4-2-22(23-13-33-30(38)29(23)24)26-14-32-28-12-19(31)6-10-37(26)28/h2-6,10,12,14,18,20,30,33,38H,7-9,11,13,15-17H2,1H3,(H,34,35)/t18?,20-,30?/m0/s1. The molecule has 0 bridgehead atoms. The van der Waals surface area contributed by atoms with Crippen LogP contribution in [0.4, 0.5) is 15.9 Å². The summed E-state index contributed by atoms with van der Waals surface area (Å²) in [5.74, 6) is 0.762. The van der Waals surface area contributed by atoms with E-state index in [2.05, 4.69) is 26.6 Å². The number of rotatable bonds is 7. The van der Waals surface area contributed by atoms with Gasteiger partial charge in [0.15, 0.2) is 0 Å². The van der Waals surface area contributed by atoms with Crippen LogP contribution in [0, 0.1) is 5.82 Å². The van der Waals surface area contributed by atoms with Crippen molar-refractivity contribution in [1.29, 1.82) is 0 Å². The molecular weight excluding hydrogens is 511 g/mol. The maximum Gasteiger partial charge on any atom is 0.140 e. The molecule has 2 fully saturated rings. The highest BCUT2D eigenvalue weighted by atomic mass is 19.1. The molecule has 3 aliphatic rings. The maximum atomic E-state index is 13.7. The van der Waals surface area contributed by atoms with Crippen LogP contribution in [0.2, 0.25) is 0 Å². The first kappa shape index (κ1) is 25.6. The highest BCUT2D eigenvalue weighted by molar-refractivity contribution is 5.76. The number of aliphatic hydroxyl groups excluding tert-OH is 1. The molecule has 9 nitrogen and oxygen atoms in total. The van der Waals surface area contributed by atoms with E-state index in [1.807, 2.05) is 22.6 Å². The molecule has 0 aliphatic carbocycles. The molecule has 40 heavy (non-hydrogen) atoms. The van der Waals surface area contributed by atoms with E-state index in [1.54, 1.807) is 19.5 Å². The van der Waals surface area contributed by atoms with Gasteiger partial charge < -0.3 is 19.9 Å². The van der Waals surface area contributed by atoms with E-state index >= 15 is 0 Å². The number of nitrogens with zero attached hydrogens (tertiary/aromatic N) is 4. The third-order valence-electron chi connectivity index (χ3n) is 8.43. The summed E-state index contributed by atoms with van der Waals surface area (Å²) in [6.07, 6.45) is 4.91. The minimum Gasteiger partial charge on any atom is -0.381 e. The summed E-state index contributed by atoms with van der Waals surface area (Å²) in [4.78, 5) is 11.9. The summed E-state index contributed by atoms with van der Waals surface area (Å²) < 4.78 is 26.9. The molecule has 2 saturated heterocycles. The van der Waals surface area contributed by atoms with Crippen molar-refractivity contribution in [2.45, 2.75) is 44.2 Å². The number of ether oxygens (including phenoxy) is 2. The lowest BCUT2D eigenvalue weighted by molar-refractivity contribution is 0.107. The van der Waals surface area contributed by atoms with E-state index in [0.29, 0.717) is 18.1 Å². The molecule has 4 aromatic rings. The Morgan fingerprint density at radius 1 is 1.23 bits per heavy atom. The Morgan fingerprint density at radius 3 is 2.98 bits per heavy atom. The van der Waals surface area contributed by atoms with E-state index in [0.717, 1.165) is 85.3 Å². The average molecular weight is 545 g/mol. The molecule has 10 heteroatoms. The van der Waals surface area contributed by atoms with Crippen LogP contribution in [0.25, 0.3) is 16.9 Å². The minimum absolute atomic E-state index is 0.265. The number of aromatic nitrogens is 3. The fraction of sp³-hybridized carbons (Fsp3) is 0.400. The Morgan fingerprint density at radius 2 is 2.15 bits per heavy atom. The number of fused-ring (bicyclic) bond motifs is 2. The zero-order valence-corrected chi connectivity index (χ0v) is 22.4. The number of nitrogens with one attached hydrogen (secondary N) is 2. The zero-order valence-electron chi connectivity index (χ0n) is 22.4. The molecule has 0 saturated carbocycles. The summed E-state index contributed by atoms with van der Waals surface area (Å²) in [7, 11) is 1.78. The predicted octanol–water partition coefficient (Wildman–Crippen LogP) is 4.10. The lowest BCUT2D eigenvalue weighted by Gasteiger charge is -2.21. The highest BCUT2D eigenvalue weighted by Gasteiger charge is 2.29. The zero-order chi connectivity index (χ0) is 27.2. The summed E-state index contributed by atoms with van der Waals surface area (Å²) in [6, 6.07) is 11.0. The molecular formula is C30H33FN6O3. The molecule has 0 radical (unpaired) electrons. The van der Waals surface area contributed by atoms with Gasteiger partial charge in [0.1, 0.15) is 23.5 Å². The molecule has 0 spiro atoms. The number of benzene rings is 1. The Balaban J connectivity index is 1.22. The van der Waals surface area contributed by atoms with Gasteiger partial charge in [0.2, 0.25) is 0 Å². The lowest BCUT2D eigenvalue weighted by atomic mass is 9.96. The van der Waals surface area contributed by atoms with Gasteiger partial charge in [0.25, 0.3) is 0 Å². The number of hydrogen-bond donors (Lipinski definition) is 3. The highest BCUT2D eigenvalue weighted by Crippen LogP contribution is 2.39. The molecule has 2 unspecified atom stereocenters. The van der Waals surface area contributed by atoms with Gasteiger partial charge in [0, 0.05) is 74.9 Å². The molecule has 3 aliphatic heterocycles. The summed E-state index contributed by atoms with van der Waals surface area (Å²) in [6.45, 7) is 4.66. The number of imidazole rings is 1. The van der Waals surface area contributed by atoms with E-state index in [4.69, 9.17) is 14.5 Å². The molecule has 3 atom stereocenters. The quantitative estimate of drug-likeness (QED) is 0.320. The second kappa shape index (κ2) is 10.5. The topological polar surface area (TPSA) is 96.2 Å². The molecule has 0 amide bonds. The van der Waals surface area contributed by atoms with Crippen molar-refractivity contribution < 1.29 is 19.0 Å². The van der Waals surface area contributed by atoms with Gasteiger partial charge in [0.05, 0.1) is 30.3 Å². The number of pyridine rings is 2. The molecule has 7 rings (SSSR count). The first-order valence-corrected chi connectivity index (χ1v) is 13.9. The monoisotopic (exact) mass is 544 g/mol. The van der Waals surface area contributed by atoms with Crippen LogP contribution in [0.5, 0.6) is 0 Å². The number of anilines is 2. The number of hydrogen-bond acceptors (Lipinski definition) is 8. The number of aliphatic hydroxyl groups is 1. The summed E-state index contributed by atoms with van der Waals surface area (Å²) in [5, 5.41) is 17.6. The largest absolute Gasteiger partial charge is 0.381 e.